The zero-order chi connectivity index (χ0) is 24.9. The van der Waals surface area contributed by atoms with Crippen molar-refractivity contribution in [3.8, 4) is 28.6 Å². The summed E-state index contributed by atoms with van der Waals surface area (Å²) in [7, 11) is 1.59. The average molecular weight is 492 g/mol. The number of benzene rings is 3. The first-order valence-corrected chi connectivity index (χ1v) is 11.3. The summed E-state index contributed by atoms with van der Waals surface area (Å²) in [5, 5.41) is 31.8. The number of anilines is 1. The Balaban J connectivity index is 1.61. The molecule has 1 aromatic heterocycles. The van der Waals surface area contributed by atoms with Crippen LogP contribution < -0.4 is 10.1 Å². The van der Waals surface area contributed by atoms with Crippen molar-refractivity contribution >= 4 is 29.0 Å². The van der Waals surface area contributed by atoms with Gasteiger partial charge in [-0.2, -0.15) is 0 Å². The largest absolute Gasteiger partial charge is 0.508 e. The van der Waals surface area contributed by atoms with E-state index in [1.165, 1.54) is 36.0 Å². The van der Waals surface area contributed by atoms with Crippen LogP contribution in [0.4, 0.5) is 11.4 Å². The molecule has 3 aromatic carbocycles. The van der Waals surface area contributed by atoms with E-state index in [9.17, 15) is 20.0 Å². The molecule has 0 aliphatic heterocycles. The molecule has 4 aromatic rings. The Morgan fingerprint density at radius 2 is 1.71 bits per heavy atom. The van der Waals surface area contributed by atoms with Crippen LogP contribution >= 0.6 is 11.8 Å². The SMILES string of the molecule is COc1ccc(-n2c(S[C@@H](C)C(=O)Nc3ccc([N+](=O)[O-])cc3)nnc2-c2ccc(O)cc2)cc1. The van der Waals surface area contributed by atoms with Gasteiger partial charge in [0.05, 0.1) is 17.3 Å². The number of carbonyl (C=O) groups is 1. The Kier molecular flexibility index (Phi) is 6.97. The summed E-state index contributed by atoms with van der Waals surface area (Å²) in [5.41, 5.74) is 1.90. The van der Waals surface area contributed by atoms with E-state index in [1.807, 2.05) is 28.8 Å². The standard InChI is InChI=1S/C24H21N5O5S/c1-15(23(31)25-17-5-7-19(8-6-17)29(32)33)35-24-27-26-22(16-3-11-20(30)12-4-16)28(24)18-9-13-21(34-2)14-10-18/h3-15,30H,1-2H3,(H,25,31)/t15-/m0/s1. The van der Waals surface area contributed by atoms with E-state index < -0.39 is 10.2 Å². The molecule has 178 valence electrons. The Morgan fingerprint density at radius 3 is 2.31 bits per heavy atom. The van der Waals surface area contributed by atoms with Gasteiger partial charge in [0.25, 0.3) is 5.69 Å². The van der Waals surface area contributed by atoms with Crippen molar-refractivity contribution in [2.24, 2.45) is 0 Å². The Hall–Kier alpha value is -4.38. The number of phenols is 1. The molecule has 0 bridgehead atoms. The van der Waals surface area contributed by atoms with Crippen molar-refractivity contribution in [2.75, 3.05) is 12.4 Å². The molecule has 1 atom stereocenters. The van der Waals surface area contributed by atoms with Crippen LogP contribution in [0.25, 0.3) is 17.1 Å². The Bertz CT molecular complexity index is 1340. The van der Waals surface area contributed by atoms with Gasteiger partial charge < -0.3 is 15.2 Å². The third-order valence-corrected chi connectivity index (χ3v) is 6.13. The molecule has 35 heavy (non-hydrogen) atoms. The number of methoxy groups -OCH3 is 1. The zero-order valence-electron chi connectivity index (χ0n) is 18.8. The number of nitro groups is 1. The van der Waals surface area contributed by atoms with Gasteiger partial charge in [0, 0.05) is 29.1 Å². The zero-order valence-corrected chi connectivity index (χ0v) is 19.6. The Labute approximate surface area is 204 Å². The summed E-state index contributed by atoms with van der Waals surface area (Å²) in [4.78, 5) is 23.1. The molecule has 0 unspecified atom stereocenters. The lowest BCUT2D eigenvalue weighted by molar-refractivity contribution is -0.384. The number of rotatable bonds is 8. The first-order chi connectivity index (χ1) is 16.9. The first-order valence-electron chi connectivity index (χ1n) is 10.5. The number of amides is 1. The first kappa shape index (κ1) is 23.8. The van der Waals surface area contributed by atoms with Crippen LogP contribution in [0.1, 0.15) is 6.92 Å². The Morgan fingerprint density at radius 1 is 1.06 bits per heavy atom. The smallest absolute Gasteiger partial charge is 0.269 e. The number of hydrogen-bond donors (Lipinski definition) is 2. The van der Waals surface area contributed by atoms with Crippen molar-refractivity contribution in [1.29, 1.82) is 0 Å². The number of thioether (sulfide) groups is 1. The molecule has 0 aliphatic carbocycles. The number of nitro benzene ring substituents is 1. The van der Waals surface area contributed by atoms with Crippen molar-refractivity contribution in [3.63, 3.8) is 0 Å². The highest BCUT2D eigenvalue weighted by molar-refractivity contribution is 8.00. The van der Waals surface area contributed by atoms with Crippen LogP contribution in [0.15, 0.2) is 78.0 Å². The normalized spacial score (nSPS) is 11.6. The number of ether oxygens (including phenoxy) is 1. The minimum atomic E-state index is -0.556. The minimum absolute atomic E-state index is 0.0558. The van der Waals surface area contributed by atoms with Crippen LogP contribution in [0.3, 0.4) is 0 Å². The molecule has 11 heteroatoms. The summed E-state index contributed by atoms with van der Waals surface area (Å²) in [6, 6.07) is 19.6. The highest BCUT2D eigenvalue weighted by Gasteiger charge is 2.22. The molecule has 4 rings (SSSR count). The quantitative estimate of drug-likeness (QED) is 0.206. The van der Waals surface area contributed by atoms with Gasteiger partial charge >= 0.3 is 0 Å². The number of phenolic OH excluding ortho intramolecular Hbond substituents is 1. The molecular formula is C24H21N5O5S. The van der Waals surface area contributed by atoms with Gasteiger partial charge in [-0.25, -0.2) is 0 Å². The van der Waals surface area contributed by atoms with E-state index in [-0.39, 0.29) is 17.3 Å². The number of aromatic nitrogens is 3. The van der Waals surface area contributed by atoms with Gasteiger partial charge in [-0.1, -0.05) is 11.8 Å². The van der Waals surface area contributed by atoms with Gasteiger partial charge in [-0.05, 0) is 67.6 Å². The number of carbonyl (C=O) groups excluding carboxylic acids is 1. The van der Waals surface area contributed by atoms with Gasteiger partial charge in [0.2, 0.25) is 5.91 Å². The summed E-state index contributed by atoms with van der Waals surface area (Å²) in [6.45, 7) is 1.73. The van der Waals surface area contributed by atoms with Gasteiger partial charge in [0.15, 0.2) is 11.0 Å². The monoisotopic (exact) mass is 491 g/mol. The van der Waals surface area contributed by atoms with E-state index >= 15 is 0 Å². The van der Waals surface area contributed by atoms with E-state index in [2.05, 4.69) is 15.5 Å². The van der Waals surface area contributed by atoms with Crippen molar-refractivity contribution < 1.29 is 19.6 Å². The second-order valence-corrected chi connectivity index (χ2v) is 8.75. The summed E-state index contributed by atoms with van der Waals surface area (Å²) >= 11 is 1.22. The third kappa shape index (κ3) is 5.41. The lowest BCUT2D eigenvalue weighted by Crippen LogP contribution is -2.22. The maximum Gasteiger partial charge on any atom is 0.269 e. The molecule has 1 amide bonds. The van der Waals surface area contributed by atoms with E-state index in [0.717, 1.165) is 11.3 Å². The average Bonchev–Trinajstić information content (AvgIpc) is 3.28. The highest BCUT2D eigenvalue weighted by Crippen LogP contribution is 2.32. The van der Waals surface area contributed by atoms with E-state index in [0.29, 0.717) is 22.4 Å². The van der Waals surface area contributed by atoms with Crippen molar-refractivity contribution in [2.45, 2.75) is 17.3 Å². The fourth-order valence-electron chi connectivity index (χ4n) is 3.23. The van der Waals surface area contributed by atoms with Crippen molar-refractivity contribution in [1.82, 2.24) is 14.8 Å². The van der Waals surface area contributed by atoms with Crippen LogP contribution in [0.5, 0.6) is 11.5 Å². The molecule has 0 aliphatic rings. The minimum Gasteiger partial charge on any atom is -0.508 e. The maximum atomic E-state index is 12.8. The van der Waals surface area contributed by atoms with Crippen LogP contribution in [-0.4, -0.2) is 43.1 Å². The molecule has 2 N–H and O–H groups in total. The van der Waals surface area contributed by atoms with Gasteiger partial charge in [-0.3, -0.25) is 19.5 Å². The van der Waals surface area contributed by atoms with E-state index in [1.54, 1.807) is 38.3 Å². The molecule has 0 spiro atoms. The predicted octanol–water partition coefficient (Wildman–Crippen LogP) is 4.68. The van der Waals surface area contributed by atoms with Gasteiger partial charge in [0.1, 0.15) is 11.5 Å². The van der Waals surface area contributed by atoms with Crippen molar-refractivity contribution in [3.05, 3.63) is 82.9 Å². The maximum absolute atomic E-state index is 12.8. The second-order valence-electron chi connectivity index (χ2n) is 7.44. The summed E-state index contributed by atoms with van der Waals surface area (Å²) in [6.07, 6.45) is 0. The molecule has 10 nitrogen and oxygen atoms in total. The lowest BCUT2D eigenvalue weighted by Gasteiger charge is -2.14. The second kappa shape index (κ2) is 10.3. The van der Waals surface area contributed by atoms with Crippen LogP contribution in [-0.2, 0) is 4.79 Å². The summed E-state index contributed by atoms with van der Waals surface area (Å²) in [5.74, 6) is 1.08. The fourth-order valence-corrected chi connectivity index (χ4v) is 4.10. The molecule has 1 heterocycles. The number of non-ortho nitro benzene ring substituents is 1. The molecular weight excluding hydrogens is 470 g/mol. The number of nitrogens with zero attached hydrogens (tertiary/aromatic N) is 4. The third-order valence-electron chi connectivity index (χ3n) is 5.09. The topological polar surface area (TPSA) is 132 Å². The summed E-state index contributed by atoms with van der Waals surface area (Å²) < 4.78 is 7.08. The van der Waals surface area contributed by atoms with E-state index in [4.69, 9.17) is 4.74 Å². The molecule has 0 radical (unpaired) electrons. The highest BCUT2D eigenvalue weighted by atomic mass is 32.2. The van der Waals surface area contributed by atoms with Crippen LogP contribution in [0.2, 0.25) is 0 Å². The molecule has 0 saturated heterocycles. The van der Waals surface area contributed by atoms with Gasteiger partial charge in [-0.15, -0.1) is 10.2 Å². The lowest BCUT2D eigenvalue weighted by atomic mass is 10.2. The molecule has 0 fully saturated rings. The number of aromatic hydroxyl groups is 1. The number of hydrogen-bond acceptors (Lipinski definition) is 8. The number of nitrogens with one attached hydrogen (secondary N) is 1. The predicted molar refractivity (Wildman–Crippen MR) is 132 cm³/mol. The fraction of sp³-hybridized carbons (Fsp3) is 0.125. The van der Waals surface area contributed by atoms with Crippen LogP contribution in [0, 0.1) is 10.1 Å². The molecule has 0 saturated carbocycles.